The van der Waals surface area contributed by atoms with Crippen LogP contribution in [0.4, 0.5) is 0 Å². The standard InChI is InChI=1S/C14H16N2O2/c1-2-14(15)8-16(9-14)13(17)12-7-10-5-3-4-6-11(10)18-12/h3-7H,2,8-9,15H2,1H3. The molecule has 0 radical (unpaired) electrons. The molecule has 2 N–H and O–H groups in total. The van der Waals surface area contributed by atoms with E-state index in [0.29, 0.717) is 18.8 Å². The van der Waals surface area contributed by atoms with Gasteiger partial charge in [-0.2, -0.15) is 0 Å². The maximum absolute atomic E-state index is 12.2. The summed E-state index contributed by atoms with van der Waals surface area (Å²) >= 11 is 0. The number of para-hydroxylation sites is 1. The van der Waals surface area contributed by atoms with Crippen molar-refractivity contribution in [1.29, 1.82) is 0 Å². The van der Waals surface area contributed by atoms with Gasteiger partial charge in [0, 0.05) is 18.5 Å². The van der Waals surface area contributed by atoms with Crippen molar-refractivity contribution in [3.63, 3.8) is 0 Å². The lowest BCUT2D eigenvalue weighted by atomic mass is 9.88. The Kier molecular flexibility index (Phi) is 2.41. The summed E-state index contributed by atoms with van der Waals surface area (Å²) in [7, 11) is 0. The molecule has 2 aromatic rings. The van der Waals surface area contributed by atoms with Crippen molar-refractivity contribution in [2.45, 2.75) is 18.9 Å². The van der Waals surface area contributed by atoms with Gasteiger partial charge in [0.2, 0.25) is 0 Å². The molecule has 3 rings (SSSR count). The molecule has 94 valence electrons. The number of hydrogen-bond acceptors (Lipinski definition) is 3. The number of carbonyl (C=O) groups excluding carboxylic acids is 1. The minimum atomic E-state index is -0.207. The van der Waals surface area contributed by atoms with E-state index >= 15 is 0 Å². The Balaban J connectivity index is 1.81. The second-order valence-corrected chi connectivity index (χ2v) is 5.03. The molecule has 0 atom stereocenters. The van der Waals surface area contributed by atoms with Crippen LogP contribution in [-0.4, -0.2) is 29.4 Å². The second kappa shape index (κ2) is 3.85. The first kappa shape index (κ1) is 11.3. The predicted octanol–water partition coefficient (Wildman–Crippen LogP) is 2.00. The van der Waals surface area contributed by atoms with Crippen molar-refractivity contribution in [1.82, 2.24) is 4.90 Å². The molecule has 1 aromatic heterocycles. The molecule has 0 unspecified atom stereocenters. The van der Waals surface area contributed by atoms with Crippen LogP contribution < -0.4 is 5.73 Å². The molecule has 1 aliphatic rings. The minimum Gasteiger partial charge on any atom is -0.451 e. The number of likely N-dealkylation sites (tertiary alicyclic amines) is 1. The number of carbonyl (C=O) groups is 1. The normalized spacial score (nSPS) is 17.8. The maximum Gasteiger partial charge on any atom is 0.289 e. The van der Waals surface area contributed by atoms with Crippen molar-refractivity contribution in [3.8, 4) is 0 Å². The van der Waals surface area contributed by atoms with E-state index < -0.39 is 0 Å². The van der Waals surface area contributed by atoms with Gasteiger partial charge in [-0.05, 0) is 18.6 Å². The Labute approximate surface area is 105 Å². The molecule has 1 fully saturated rings. The lowest BCUT2D eigenvalue weighted by Gasteiger charge is -2.46. The van der Waals surface area contributed by atoms with Gasteiger partial charge in [-0.15, -0.1) is 0 Å². The highest BCUT2D eigenvalue weighted by atomic mass is 16.3. The van der Waals surface area contributed by atoms with Crippen LogP contribution in [0.3, 0.4) is 0 Å². The molecular formula is C14H16N2O2. The van der Waals surface area contributed by atoms with Gasteiger partial charge in [-0.3, -0.25) is 4.79 Å². The quantitative estimate of drug-likeness (QED) is 0.879. The number of amides is 1. The lowest BCUT2D eigenvalue weighted by Crippen LogP contribution is -2.68. The molecule has 4 heteroatoms. The third-order valence-electron chi connectivity index (χ3n) is 3.64. The van der Waals surface area contributed by atoms with Crippen LogP contribution in [0, 0.1) is 0 Å². The number of furan rings is 1. The fourth-order valence-electron chi connectivity index (χ4n) is 2.32. The smallest absolute Gasteiger partial charge is 0.289 e. The van der Waals surface area contributed by atoms with E-state index in [9.17, 15) is 4.79 Å². The molecule has 18 heavy (non-hydrogen) atoms. The summed E-state index contributed by atoms with van der Waals surface area (Å²) in [6.07, 6.45) is 0.886. The molecule has 1 amide bonds. The first-order chi connectivity index (χ1) is 8.61. The van der Waals surface area contributed by atoms with Crippen molar-refractivity contribution in [3.05, 3.63) is 36.1 Å². The van der Waals surface area contributed by atoms with Gasteiger partial charge >= 0.3 is 0 Å². The Hall–Kier alpha value is -1.81. The van der Waals surface area contributed by atoms with Crippen LogP contribution in [0.25, 0.3) is 11.0 Å². The van der Waals surface area contributed by atoms with Gasteiger partial charge in [-0.1, -0.05) is 25.1 Å². The van der Waals surface area contributed by atoms with E-state index in [1.807, 2.05) is 31.2 Å². The van der Waals surface area contributed by atoms with E-state index in [4.69, 9.17) is 10.2 Å². The maximum atomic E-state index is 12.2. The van der Waals surface area contributed by atoms with Gasteiger partial charge in [0.05, 0.1) is 5.54 Å². The SMILES string of the molecule is CCC1(N)CN(C(=O)c2cc3ccccc3o2)C1. The van der Waals surface area contributed by atoms with Crippen molar-refractivity contribution in [2.24, 2.45) is 5.73 Å². The van der Waals surface area contributed by atoms with E-state index in [1.165, 1.54) is 0 Å². The molecule has 4 nitrogen and oxygen atoms in total. The number of nitrogens with two attached hydrogens (primary N) is 1. The van der Waals surface area contributed by atoms with E-state index in [2.05, 4.69) is 0 Å². The molecule has 1 aromatic carbocycles. The van der Waals surface area contributed by atoms with Crippen LogP contribution in [0.1, 0.15) is 23.9 Å². The van der Waals surface area contributed by atoms with Crippen LogP contribution in [0.5, 0.6) is 0 Å². The Morgan fingerprint density at radius 1 is 1.44 bits per heavy atom. The van der Waals surface area contributed by atoms with Crippen LogP contribution in [0.15, 0.2) is 34.7 Å². The molecule has 1 saturated heterocycles. The molecular weight excluding hydrogens is 228 g/mol. The Bertz CT molecular complexity index is 564. The van der Waals surface area contributed by atoms with Crippen LogP contribution >= 0.6 is 0 Å². The topological polar surface area (TPSA) is 59.5 Å². The average molecular weight is 244 g/mol. The Morgan fingerprint density at radius 2 is 2.17 bits per heavy atom. The summed E-state index contributed by atoms with van der Waals surface area (Å²) in [5, 5.41) is 0.955. The third kappa shape index (κ3) is 1.69. The zero-order chi connectivity index (χ0) is 12.8. The summed E-state index contributed by atoms with van der Waals surface area (Å²) in [6.45, 7) is 3.27. The third-order valence-corrected chi connectivity index (χ3v) is 3.64. The average Bonchev–Trinajstić information content (AvgIpc) is 2.77. The Morgan fingerprint density at radius 3 is 2.83 bits per heavy atom. The molecule has 0 saturated carbocycles. The van der Waals surface area contributed by atoms with Gasteiger partial charge in [0.1, 0.15) is 5.58 Å². The number of nitrogens with zero attached hydrogens (tertiary/aromatic N) is 1. The van der Waals surface area contributed by atoms with Crippen LogP contribution in [-0.2, 0) is 0 Å². The first-order valence-corrected chi connectivity index (χ1v) is 6.18. The first-order valence-electron chi connectivity index (χ1n) is 6.18. The lowest BCUT2D eigenvalue weighted by molar-refractivity contribution is 0.0373. The van der Waals surface area contributed by atoms with E-state index in [1.54, 1.807) is 11.0 Å². The fraction of sp³-hybridized carbons (Fsp3) is 0.357. The highest BCUT2D eigenvalue weighted by Gasteiger charge is 2.41. The number of rotatable bonds is 2. The second-order valence-electron chi connectivity index (χ2n) is 5.03. The summed E-state index contributed by atoms with van der Waals surface area (Å²) < 4.78 is 5.56. The molecule has 0 bridgehead atoms. The number of hydrogen-bond donors (Lipinski definition) is 1. The molecule has 2 heterocycles. The van der Waals surface area contributed by atoms with Gasteiger partial charge < -0.3 is 15.1 Å². The summed E-state index contributed by atoms with van der Waals surface area (Å²) in [5.41, 5.74) is 6.60. The summed E-state index contributed by atoms with van der Waals surface area (Å²) in [4.78, 5) is 13.9. The largest absolute Gasteiger partial charge is 0.451 e. The van der Waals surface area contributed by atoms with Crippen molar-refractivity contribution < 1.29 is 9.21 Å². The predicted molar refractivity (Wildman–Crippen MR) is 69.3 cm³/mol. The zero-order valence-corrected chi connectivity index (χ0v) is 10.3. The fourth-order valence-corrected chi connectivity index (χ4v) is 2.32. The highest BCUT2D eigenvalue weighted by Crippen LogP contribution is 2.26. The monoisotopic (exact) mass is 244 g/mol. The summed E-state index contributed by atoms with van der Waals surface area (Å²) in [5.74, 6) is 0.329. The molecule has 1 aliphatic heterocycles. The van der Waals surface area contributed by atoms with E-state index in [0.717, 1.165) is 17.4 Å². The molecule has 0 aliphatic carbocycles. The zero-order valence-electron chi connectivity index (χ0n) is 10.3. The van der Waals surface area contributed by atoms with Crippen molar-refractivity contribution >= 4 is 16.9 Å². The van der Waals surface area contributed by atoms with E-state index in [-0.39, 0.29) is 11.4 Å². The minimum absolute atomic E-state index is 0.0688. The van der Waals surface area contributed by atoms with Gasteiger partial charge in [0.15, 0.2) is 5.76 Å². The highest BCUT2D eigenvalue weighted by molar-refractivity contribution is 5.96. The van der Waals surface area contributed by atoms with Gasteiger partial charge in [0.25, 0.3) is 5.91 Å². The summed E-state index contributed by atoms with van der Waals surface area (Å²) in [6, 6.07) is 9.41. The van der Waals surface area contributed by atoms with Gasteiger partial charge in [-0.25, -0.2) is 0 Å². The van der Waals surface area contributed by atoms with Crippen molar-refractivity contribution in [2.75, 3.05) is 13.1 Å². The number of fused-ring (bicyclic) bond motifs is 1. The molecule has 0 spiro atoms. The number of benzene rings is 1. The van der Waals surface area contributed by atoms with Crippen LogP contribution in [0.2, 0.25) is 0 Å².